The van der Waals surface area contributed by atoms with Crippen LogP contribution in [0.4, 0.5) is 0 Å². The number of amides is 1. The van der Waals surface area contributed by atoms with Gasteiger partial charge in [-0.2, -0.15) is 5.26 Å². The molecule has 5 heteroatoms. The van der Waals surface area contributed by atoms with E-state index in [-0.39, 0.29) is 11.9 Å². The van der Waals surface area contributed by atoms with Crippen LogP contribution in [0.25, 0.3) is 0 Å². The third-order valence-corrected chi connectivity index (χ3v) is 4.62. The number of nitrogens with one attached hydrogen (secondary N) is 1. The molecule has 0 spiro atoms. The molecule has 0 aliphatic heterocycles. The van der Waals surface area contributed by atoms with Crippen LogP contribution >= 0.6 is 0 Å². The monoisotopic (exact) mass is 327 g/mol. The number of pyridine rings is 1. The van der Waals surface area contributed by atoms with Gasteiger partial charge in [-0.1, -0.05) is 13.3 Å². The van der Waals surface area contributed by atoms with E-state index in [9.17, 15) is 4.79 Å². The molecule has 2 aliphatic carbocycles. The molecule has 0 aromatic carbocycles. The maximum atomic E-state index is 12.6. The van der Waals surface area contributed by atoms with Gasteiger partial charge in [-0.05, 0) is 55.6 Å². The van der Waals surface area contributed by atoms with Crippen LogP contribution in [0.3, 0.4) is 0 Å². The molecule has 1 aromatic rings. The number of nitrogens with zero attached hydrogens (tertiary/aromatic N) is 2. The minimum atomic E-state index is -0.239. The lowest BCUT2D eigenvalue weighted by atomic mass is 10.1. The van der Waals surface area contributed by atoms with Gasteiger partial charge in [0.05, 0.1) is 19.1 Å². The second-order valence-electron chi connectivity index (χ2n) is 6.97. The van der Waals surface area contributed by atoms with Crippen molar-refractivity contribution in [2.24, 2.45) is 5.92 Å². The summed E-state index contributed by atoms with van der Waals surface area (Å²) >= 11 is 0. The largest absolute Gasteiger partial charge is 0.491 e. The molecule has 5 nitrogen and oxygen atoms in total. The molecule has 0 saturated heterocycles. The molecule has 2 aliphatic rings. The number of nitriles is 1. The van der Waals surface area contributed by atoms with Crippen molar-refractivity contribution in [3.63, 3.8) is 0 Å². The molecule has 0 radical (unpaired) electrons. The van der Waals surface area contributed by atoms with Crippen molar-refractivity contribution in [2.75, 3.05) is 6.61 Å². The Bertz CT molecular complexity index is 630. The molecular weight excluding hydrogens is 302 g/mol. The highest BCUT2D eigenvalue weighted by Gasteiger charge is 2.28. The van der Waals surface area contributed by atoms with Gasteiger partial charge in [-0.15, -0.1) is 0 Å². The van der Waals surface area contributed by atoms with Crippen LogP contribution in [0.5, 0.6) is 5.75 Å². The summed E-state index contributed by atoms with van der Waals surface area (Å²) in [4.78, 5) is 17.0. The van der Waals surface area contributed by atoms with Gasteiger partial charge in [0, 0.05) is 12.2 Å². The smallest absolute Gasteiger partial charge is 0.273 e. The van der Waals surface area contributed by atoms with Gasteiger partial charge in [-0.25, -0.2) is 4.98 Å². The zero-order chi connectivity index (χ0) is 16.9. The first-order valence-corrected chi connectivity index (χ1v) is 9.01. The van der Waals surface area contributed by atoms with Crippen LogP contribution < -0.4 is 10.1 Å². The summed E-state index contributed by atoms with van der Waals surface area (Å²) in [5.41, 5.74) is 1.51. The quantitative estimate of drug-likeness (QED) is 0.752. The van der Waals surface area contributed by atoms with E-state index in [4.69, 9.17) is 10.00 Å². The first kappa shape index (κ1) is 16.8. The van der Waals surface area contributed by atoms with E-state index in [1.807, 2.05) is 13.0 Å². The number of hydrogen-bond acceptors (Lipinski definition) is 4. The Morgan fingerprint density at radius 1 is 1.46 bits per heavy atom. The fourth-order valence-electron chi connectivity index (χ4n) is 2.81. The van der Waals surface area contributed by atoms with Crippen LogP contribution in [0.2, 0.25) is 0 Å². The highest BCUT2D eigenvalue weighted by Crippen LogP contribution is 2.41. The molecule has 3 rings (SSSR count). The molecule has 128 valence electrons. The number of rotatable bonds is 9. The highest BCUT2D eigenvalue weighted by atomic mass is 16.5. The molecule has 1 amide bonds. The van der Waals surface area contributed by atoms with Crippen LogP contribution in [-0.4, -0.2) is 23.5 Å². The van der Waals surface area contributed by atoms with E-state index in [1.54, 1.807) is 6.20 Å². The maximum Gasteiger partial charge on any atom is 0.273 e. The SMILES string of the molecule is CCCC(CC#N)NC(=O)c1ncc(C2CC2)cc1OCC1CC1. The van der Waals surface area contributed by atoms with E-state index in [0.29, 0.717) is 36.3 Å². The maximum absolute atomic E-state index is 12.6. The molecule has 2 fully saturated rings. The molecule has 1 aromatic heterocycles. The van der Waals surface area contributed by atoms with E-state index in [2.05, 4.69) is 16.4 Å². The predicted molar refractivity (Wildman–Crippen MR) is 90.8 cm³/mol. The third kappa shape index (κ3) is 4.47. The lowest BCUT2D eigenvalue weighted by Gasteiger charge is -2.17. The van der Waals surface area contributed by atoms with Crippen LogP contribution in [0, 0.1) is 17.2 Å². The van der Waals surface area contributed by atoms with E-state index in [1.165, 1.54) is 31.2 Å². The summed E-state index contributed by atoms with van der Waals surface area (Å²) in [6.45, 7) is 2.70. The number of ether oxygens (including phenoxy) is 1. The Hall–Kier alpha value is -2.09. The zero-order valence-electron chi connectivity index (χ0n) is 14.3. The Labute approximate surface area is 143 Å². The number of aromatic nitrogens is 1. The Balaban J connectivity index is 1.73. The molecule has 1 unspecified atom stereocenters. The van der Waals surface area contributed by atoms with Crippen LogP contribution in [0.1, 0.15) is 73.8 Å². The van der Waals surface area contributed by atoms with Crippen molar-refractivity contribution < 1.29 is 9.53 Å². The van der Waals surface area contributed by atoms with Crippen molar-refractivity contribution in [3.05, 3.63) is 23.5 Å². The summed E-state index contributed by atoms with van der Waals surface area (Å²) in [7, 11) is 0. The second kappa shape index (κ2) is 7.65. The average Bonchev–Trinajstić information content (AvgIpc) is 3.47. The van der Waals surface area contributed by atoms with Gasteiger partial charge < -0.3 is 10.1 Å². The first-order valence-electron chi connectivity index (χ1n) is 9.01. The minimum absolute atomic E-state index is 0.131. The van der Waals surface area contributed by atoms with Crippen LogP contribution in [0.15, 0.2) is 12.3 Å². The molecule has 24 heavy (non-hydrogen) atoms. The number of carbonyl (C=O) groups excluding carboxylic acids is 1. The topological polar surface area (TPSA) is 75.0 Å². The van der Waals surface area contributed by atoms with Crippen molar-refractivity contribution in [3.8, 4) is 11.8 Å². The van der Waals surface area contributed by atoms with Crippen molar-refractivity contribution in [2.45, 2.75) is 63.8 Å². The van der Waals surface area contributed by atoms with E-state index < -0.39 is 0 Å². The Morgan fingerprint density at radius 2 is 2.25 bits per heavy atom. The van der Waals surface area contributed by atoms with Crippen LogP contribution in [-0.2, 0) is 0 Å². The van der Waals surface area contributed by atoms with Crippen molar-refractivity contribution in [1.29, 1.82) is 5.26 Å². The van der Waals surface area contributed by atoms with Gasteiger partial charge in [0.25, 0.3) is 5.91 Å². The fourth-order valence-corrected chi connectivity index (χ4v) is 2.81. The molecule has 1 atom stereocenters. The molecule has 1 N–H and O–H groups in total. The third-order valence-electron chi connectivity index (χ3n) is 4.62. The van der Waals surface area contributed by atoms with E-state index in [0.717, 1.165) is 12.8 Å². The van der Waals surface area contributed by atoms with Gasteiger partial charge >= 0.3 is 0 Å². The summed E-state index contributed by atoms with van der Waals surface area (Å²) < 4.78 is 5.91. The fraction of sp³-hybridized carbons (Fsp3) is 0.632. The normalized spacial score (nSPS) is 17.8. The van der Waals surface area contributed by atoms with Gasteiger partial charge in [0.1, 0.15) is 0 Å². The summed E-state index contributed by atoms with van der Waals surface area (Å²) in [6, 6.07) is 3.99. The number of hydrogen-bond donors (Lipinski definition) is 1. The second-order valence-corrected chi connectivity index (χ2v) is 6.97. The molecule has 2 saturated carbocycles. The summed E-state index contributed by atoms with van der Waals surface area (Å²) in [6.07, 6.45) is 8.62. The molecular formula is C19H25N3O2. The van der Waals surface area contributed by atoms with E-state index >= 15 is 0 Å². The van der Waals surface area contributed by atoms with Gasteiger partial charge in [0.15, 0.2) is 11.4 Å². The Kier molecular flexibility index (Phi) is 5.34. The highest BCUT2D eigenvalue weighted by molar-refractivity contribution is 5.95. The summed E-state index contributed by atoms with van der Waals surface area (Å²) in [5, 5.41) is 11.9. The lowest BCUT2D eigenvalue weighted by Crippen LogP contribution is -2.35. The molecule has 0 bridgehead atoms. The van der Waals surface area contributed by atoms with Crippen molar-refractivity contribution >= 4 is 5.91 Å². The van der Waals surface area contributed by atoms with Crippen molar-refractivity contribution in [1.82, 2.24) is 10.3 Å². The Morgan fingerprint density at radius 3 is 2.88 bits per heavy atom. The lowest BCUT2D eigenvalue weighted by molar-refractivity contribution is 0.0925. The average molecular weight is 327 g/mol. The van der Waals surface area contributed by atoms with Gasteiger partial charge in [-0.3, -0.25) is 4.79 Å². The first-order chi connectivity index (χ1) is 11.7. The number of carbonyl (C=O) groups is 1. The summed E-state index contributed by atoms with van der Waals surface area (Å²) in [5.74, 6) is 1.55. The predicted octanol–water partition coefficient (Wildman–Crippen LogP) is 3.56. The minimum Gasteiger partial charge on any atom is -0.491 e. The zero-order valence-corrected chi connectivity index (χ0v) is 14.3. The molecule has 1 heterocycles. The standard InChI is InChI=1S/C19H25N3O2/c1-2-3-16(8-9-20)22-19(23)18-17(24-12-13-4-5-13)10-15(11-21-18)14-6-7-14/h10-11,13-14,16H,2-8,12H2,1H3,(H,22,23). The van der Waals surface area contributed by atoms with Gasteiger partial charge in [0.2, 0.25) is 0 Å².